The Hall–Kier alpha value is -0.870. The van der Waals surface area contributed by atoms with E-state index in [1.54, 1.807) is 0 Å². The fourth-order valence-corrected chi connectivity index (χ4v) is 2.89. The highest BCUT2D eigenvalue weighted by Gasteiger charge is 2.23. The van der Waals surface area contributed by atoms with Gasteiger partial charge < -0.3 is 5.32 Å². The number of aromatic nitrogens is 2. The average molecular weight is 250 g/mol. The molecule has 1 N–H and O–H groups in total. The molecular weight excluding hydrogens is 224 g/mol. The van der Waals surface area contributed by atoms with Gasteiger partial charge in [0.15, 0.2) is 0 Å². The van der Waals surface area contributed by atoms with Crippen LogP contribution in [-0.2, 0) is 13.6 Å². The van der Waals surface area contributed by atoms with Gasteiger partial charge in [-0.3, -0.25) is 9.58 Å². The number of hydrogen-bond donors (Lipinski definition) is 1. The first-order valence-corrected chi connectivity index (χ1v) is 6.99. The second-order valence-electron chi connectivity index (χ2n) is 5.59. The molecule has 1 fully saturated rings. The van der Waals surface area contributed by atoms with Crippen LogP contribution in [0.25, 0.3) is 0 Å². The summed E-state index contributed by atoms with van der Waals surface area (Å²) < 4.78 is 2.01. The Balaban J connectivity index is 1.85. The highest BCUT2D eigenvalue weighted by Crippen LogP contribution is 2.21. The first kappa shape index (κ1) is 13.6. The van der Waals surface area contributed by atoms with Crippen molar-refractivity contribution in [3.05, 3.63) is 17.5 Å². The van der Waals surface area contributed by atoms with Gasteiger partial charge in [0.1, 0.15) is 0 Å². The molecule has 0 spiro atoms. The van der Waals surface area contributed by atoms with Gasteiger partial charge in [0.05, 0.1) is 11.4 Å². The molecule has 18 heavy (non-hydrogen) atoms. The van der Waals surface area contributed by atoms with Crippen molar-refractivity contribution in [1.29, 1.82) is 0 Å². The van der Waals surface area contributed by atoms with Gasteiger partial charge in [-0.2, -0.15) is 5.10 Å². The minimum absolute atomic E-state index is 0.645. The number of aryl methyl sites for hydroxylation is 2. The molecule has 4 nitrogen and oxygen atoms in total. The van der Waals surface area contributed by atoms with E-state index in [1.807, 2.05) is 11.7 Å². The van der Waals surface area contributed by atoms with E-state index in [2.05, 4.69) is 42.3 Å². The van der Waals surface area contributed by atoms with E-state index in [1.165, 1.54) is 31.6 Å². The summed E-state index contributed by atoms with van der Waals surface area (Å²) in [7, 11) is 4.10. The molecule has 0 aliphatic carbocycles. The van der Waals surface area contributed by atoms with E-state index in [0.717, 1.165) is 18.2 Å². The van der Waals surface area contributed by atoms with Crippen molar-refractivity contribution in [2.75, 3.05) is 20.1 Å². The van der Waals surface area contributed by atoms with E-state index in [9.17, 15) is 0 Å². The predicted molar refractivity (Wildman–Crippen MR) is 74.5 cm³/mol. The number of nitrogens with zero attached hydrogens (tertiary/aromatic N) is 3. The van der Waals surface area contributed by atoms with E-state index < -0.39 is 0 Å². The van der Waals surface area contributed by atoms with Crippen molar-refractivity contribution in [2.24, 2.45) is 13.0 Å². The zero-order valence-electron chi connectivity index (χ0n) is 12.1. The summed E-state index contributed by atoms with van der Waals surface area (Å²) >= 11 is 0. The van der Waals surface area contributed by atoms with Crippen molar-refractivity contribution < 1.29 is 0 Å². The molecule has 1 aliphatic heterocycles. The third-order valence-corrected chi connectivity index (χ3v) is 4.28. The molecule has 1 unspecified atom stereocenters. The summed E-state index contributed by atoms with van der Waals surface area (Å²) in [6, 6.07) is 2.84. The van der Waals surface area contributed by atoms with Crippen molar-refractivity contribution in [3.8, 4) is 0 Å². The molecule has 1 aromatic rings. The molecule has 1 atom stereocenters. The smallest absolute Gasteiger partial charge is 0.0597 e. The Morgan fingerprint density at radius 1 is 1.44 bits per heavy atom. The number of likely N-dealkylation sites (tertiary alicyclic amines) is 1. The summed E-state index contributed by atoms with van der Waals surface area (Å²) in [4.78, 5) is 2.55. The van der Waals surface area contributed by atoms with Gasteiger partial charge in [-0.15, -0.1) is 0 Å². The van der Waals surface area contributed by atoms with Gasteiger partial charge in [0, 0.05) is 19.6 Å². The lowest BCUT2D eigenvalue weighted by Crippen LogP contribution is -2.40. The fourth-order valence-electron chi connectivity index (χ4n) is 2.89. The highest BCUT2D eigenvalue weighted by molar-refractivity contribution is 5.08. The van der Waals surface area contributed by atoms with Crippen molar-refractivity contribution in [1.82, 2.24) is 20.0 Å². The normalized spacial score (nSPS) is 20.2. The quantitative estimate of drug-likeness (QED) is 0.880. The van der Waals surface area contributed by atoms with E-state index in [4.69, 9.17) is 0 Å². The molecule has 0 radical (unpaired) electrons. The van der Waals surface area contributed by atoms with Gasteiger partial charge >= 0.3 is 0 Å². The van der Waals surface area contributed by atoms with Crippen LogP contribution in [0.2, 0.25) is 0 Å². The van der Waals surface area contributed by atoms with Gasteiger partial charge in [0.25, 0.3) is 0 Å². The summed E-state index contributed by atoms with van der Waals surface area (Å²) in [5, 5.41) is 7.79. The van der Waals surface area contributed by atoms with Crippen LogP contribution in [0.4, 0.5) is 0 Å². The molecule has 2 rings (SSSR count). The summed E-state index contributed by atoms with van der Waals surface area (Å²) in [5.41, 5.74) is 2.44. The van der Waals surface area contributed by atoms with Crippen LogP contribution < -0.4 is 5.32 Å². The van der Waals surface area contributed by atoms with Crippen LogP contribution in [-0.4, -0.2) is 40.9 Å². The zero-order chi connectivity index (χ0) is 13.1. The maximum Gasteiger partial charge on any atom is 0.0597 e. The Morgan fingerprint density at radius 3 is 2.61 bits per heavy atom. The van der Waals surface area contributed by atoms with Crippen LogP contribution in [0.3, 0.4) is 0 Å². The van der Waals surface area contributed by atoms with Crippen molar-refractivity contribution in [2.45, 2.75) is 39.3 Å². The van der Waals surface area contributed by atoms with Gasteiger partial charge in [-0.25, -0.2) is 0 Å². The minimum atomic E-state index is 0.645. The number of hydrogen-bond acceptors (Lipinski definition) is 3. The average Bonchev–Trinajstić information content (AvgIpc) is 2.68. The summed E-state index contributed by atoms with van der Waals surface area (Å²) in [5.74, 6) is 0.833. The molecule has 1 aliphatic rings. The molecule has 1 saturated heterocycles. The molecule has 102 valence electrons. The zero-order valence-corrected chi connectivity index (χ0v) is 12.1. The molecule has 2 heterocycles. The summed E-state index contributed by atoms with van der Waals surface area (Å²) in [6.07, 6.45) is 2.61. The molecule has 4 heteroatoms. The number of rotatable bonds is 4. The number of piperidine rings is 1. The lowest BCUT2D eigenvalue weighted by molar-refractivity contribution is 0.156. The van der Waals surface area contributed by atoms with Crippen LogP contribution >= 0.6 is 0 Å². The fraction of sp³-hybridized carbons (Fsp3) is 0.786. The standard InChI is InChI=1S/C14H26N4/c1-11-9-14(17(4)16-11)10-18-7-5-13(6-8-18)12(2)15-3/h9,12-13,15H,5-8,10H2,1-4H3. The second kappa shape index (κ2) is 5.85. The molecule has 1 aromatic heterocycles. The topological polar surface area (TPSA) is 33.1 Å². The Bertz CT molecular complexity index is 377. The molecule has 0 saturated carbocycles. The van der Waals surface area contributed by atoms with Crippen LogP contribution in [0.15, 0.2) is 6.07 Å². The first-order chi connectivity index (χ1) is 8.60. The van der Waals surface area contributed by atoms with Crippen LogP contribution in [0, 0.1) is 12.8 Å². The predicted octanol–water partition coefficient (Wildman–Crippen LogP) is 1.55. The molecule has 0 amide bonds. The van der Waals surface area contributed by atoms with Crippen LogP contribution in [0.5, 0.6) is 0 Å². The van der Waals surface area contributed by atoms with Crippen molar-refractivity contribution >= 4 is 0 Å². The Morgan fingerprint density at radius 2 is 2.11 bits per heavy atom. The monoisotopic (exact) mass is 250 g/mol. The van der Waals surface area contributed by atoms with E-state index >= 15 is 0 Å². The maximum absolute atomic E-state index is 4.41. The highest BCUT2D eigenvalue weighted by atomic mass is 15.3. The minimum Gasteiger partial charge on any atom is -0.317 e. The lowest BCUT2D eigenvalue weighted by Gasteiger charge is -2.34. The maximum atomic E-state index is 4.41. The third kappa shape index (κ3) is 3.12. The lowest BCUT2D eigenvalue weighted by atomic mass is 9.90. The first-order valence-electron chi connectivity index (χ1n) is 6.99. The van der Waals surface area contributed by atoms with Crippen molar-refractivity contribution in [3.63, 3.8) is 0 Å². The second-order valence-corrected chi connectivity index (χ2v) is 5.59. The summed E-state index contributed by atoms with van der Waals surface area (Å²) in [6.45, 7) is 7.81. The van der Waals surface area contributed by atoms with E-state index in [0.29, 0.717) is 6.04 Å². The van der Waals surface area contributed by atoms with Gasteiger partial charge in [0.2, 0.25) is 0 Å². The number of nitrogens with one attached hydrogen (secondary N) is 1. The third-order valence-electron chi connectivity index (χ3n) is 4.28. The van der Waals surface area contributed by atoms with Gasteiger partial charge in [-0.1, -0.05) is 0 Å². The molecular formula is C14H26N4. The molecule has 0 aromatic carbocycles. The van der Waals surface area contributed by atoms with E-state index in [-0.39, 0.29) is 0 Å². The Labute approximate surface area is 110 Å². The largest absolute Gasteiger partial charge is 0.317 e. The SMILES string of the molecule is CNC(C)C1CCN(Cc2cc(C)nn2C)CC1. The van der Waals surface area contributed by atoms with Gasteiger partial charge in [-0.05, 0) is 58.8 Å². The van der Waals surface area contributed by atoms with Crippen LogP contribution in [0.1, 0.15) is 31.2 Å². The molecule has 0 bridgehead atoms. The Kier molecular flexibility index (Phi) is 4.40.